The van der Waals surface area contributed by atoms with Crippen LogP contribution in [-0.4, -0.2) is 30.6 Å². The van der Waals surface area contributed by atoms with E-state index in [9.17, 15) is 4.79 Å². The van der Waals surface area contributed by atoms with Crippen LogP contribution in [0.1, 0.15) is 0 Å². The largest absolute Gasteiger partial charge is 0.476 e. The zero-order valence-corrected chi connectivity index (χ0v) is 11.3. The van der Waals surface area contributed by atoms with Gasteiger partial charge in [0, 0.05) is 12.3 Å². The van der Waals surface area contributed by atoms with Gasteiger partial charge in [0.15, 0.2) is 0 Å². The lowest BCUT2D eigenvalue weighted by Gasteiger charge is -2.05. The molecule has 0 fully saturated rings. The van der Waals surface area contributed by atoms with Crippen molar-refractivity contribution in [3.8, 4) is 5.88 Å². The molecule has 0 bridgehead atoms. The topological polar surface area (TPSA) is 77.2 Å². The van der Waals surface area contributed by atoms with E-state index in [-0.39, 0.29) is 37.3 Å². The Kier molecular flexibility index (Phi) is 11.4. The van der Waals surface area contributed by atoms with Gasteiger partial charge in [0.05, 0.1) is 18.1 Å². The predicted octanol–water partition coefficient (Wildman–Crippen LogP) is 1.03. The number of hydrogen-bond donors (Lipinski definition) is 2. The van der Waals surface area contributed by atoms with Crippen molar-refractivity contribution < 1.29 is 9.53 Å². The lowest BCUT2D eigenvalue weighted by molar-refractivity contribution is -0.119. The van der Waals surface area contributed by atoms with E-state index in [2.05, 4.69) is 10.3 Å². The van der Waals surface area contributed by atoms with Crippen LogP contribution in [0.15, 0.2) is 18.3 Å². The molecule has 1 heterocycles. The third kappa shape index (κ3) is 8.04. The number of ether oxygens (including phenoxy) is 1. The average Bonchev–Trinajstić information content (AvgIpc) is 2.26. The lowest BCUT2D eigenvalue weighted by Crippen LogP contribution is -2.33. The Morgan fingerprint density at radius 3 is 2.71 bits per heavy atom. The molecule has 0 unspecified atom stereocenters. The van der Waals surface area contributed by atoms with E-state index >= 15 is 0 Å². The second-order valence-electron chi connectivity index (χ2n) is 2.72. The van der Waals surface area contributed by atoms with Gasteiger partial charge in [-0.1, -0.05) is 11.6 Å². The molecule has 0 atom stereocenters. The van der Waals surface area contributed by atoms with Crippen LogP contribution in [0.2, 0.25) is 5.02 Å². The molecule has 0 saturated carbocycles. The zero-order chi connectivity index (χ0) is 11.1. The van der Waals surface area contributed by atoms with E-state index in [4.69, 9.17) is 22.1 Å². The Balaban J connectivity index is 0. The molecule has 0 aliphatic rings. The second-order valence-corrected chi connectivity index (χ2v) is 3.15. The first kappa shape index (κ1) is 18.6. The van der Waals surface area contributed by atoms with Crippen LogP contribution in [0.3, 0.4) is 0 Å². The molecular weight excluding hydrogens is 288 g/mol. The fourth-order valence-corrected chi connectivity index (χ4v) is 0.978. The Morgan fingerprint density at radius 1 is 1.47 bits per heavy atom. The number of hydrogen-bond acceptors (Lipinski definition) is 4. The fourth-order valence-electron chi connectivity index (χ4n) is 0.866. The summed E-state index contributed by atoms with van der Waals surface area (Å²) in [4.78, 5) is 14.7. The summed E-state index contributed by atoms with van der Waals surface area (Å²) in [7, 11) is 0. The highest BCUT2D eigenvalue weighted by molar-refractivity contribution is 6.30. The molecule has 1 aromatic heterocycles. The third-order valence-corrected chi connectivity index (χ3v) is 1.78. The highest BCUT2D eigenvalue weighted by atomic mass is 35.5. The highest BCUT2D eigenvalue weighted by Gasteiger charge is 1.97. The second kappa shape index (κ2) is 10.4. The normalized spacial score (nSPS) is 8.59. The lowest BCUT2D eigenvalue weighted by atomic mass is 10.5. The Labute approximate surface area is 117 Å². The number of amides is 1. The zero-order valence-electron chi connectivity index (χ0n) is 8.89. The van der Waals surface area contributed by atoms with Crippen molar-refractivity contribution in [2.24, 2.45) is 5.73 Å². The van der Waals surface area contributed by atoms with Crippen LogP contribution in [0.5, 0.6) is 5.88 Å². The number of carbonyl (C=O) groups excluding carboxylic acids is 1. The van der Waals surface area contributed by atoms with Crippen molar-refractivity contribution in [1.82, 2.24) is 10.3 Å². The van der Waals surface area contributed by atoms with Crippen LogP contribution >= 0.6 is 36.4 Å². The van der Waals surface area contributed by atoms with Crippen molar-refractivity contribution in [2.45, 2.75) is 0 Å². The van der Waals surface area contributed by atoms with Gasteiger partial charge in [-0.15, -0.1) is 24.8 Å². The summed E-state index contributed by atoms with van der Waals surface area (Å²) in [6.45, 7) is 0.736. The maximum atomic E-state index is 10.7. The fraction of sp³-hybridized carbons (Fsp3) is 0.333. The number of aromatic nitrogens is 1. The summed E-state index contributed by atoms with van der Waals surface area (Å²) in [5.74, 6) is 0.268. The molecule has 8 heteroatoms. The monoisotopic (exact) mass is 301 g/mol. The SMILES string of the molecule is Cl.Cl.NCC(=O)NCCOc1ccc(Cl)cn1. The van der Waals surface area contributed by atoms with Gasteiger partial charge in [0.2, 0.25) is 11.8 Å². The van der Waals surface area contributed by atoms with Crippen molar-refractivity contribution in [3.63, 3.8) is 0 Å². The van der Waals surface area contributed by atoms with Gasteiger partial charge in [0.1, 0.15) is 6.61 Å². The minimum atomic E-state index is -0.206. The van der Waals surface area contributed by atoms with Crippen molar-refractivity contribution in [1.29, 1.82) is 0 Å². The molecule has 1 aromatic rings. The highest BCUT2D eigenvalue weighted by Crippen LogP contribution is 2.10. The van der Waals surface area contributed by atoms with E-state index in [1.54, 1.807) is 12.1 Å². The Morgan fingerprint density at radius 2 is 2.18 bits per heavy atom. The van der Waals surface area contributed by atoms with E-state index in [0.717, 1.165) is 0 Å². The molecular formula is C9H14Cl3N3O2. The molecule has 17 heavy (non-hydrogen) atoms. The number of rotatable bonds is 5. The van der Waals surface area contributed by atoms with Crippen LogP contribution < -0.4 is 15.8 Å². The molecule has 0 spiro atoms. The van der Waals surface area contributed by atoms with Crippen molar-refractivity contribution in [3.05, 3.63) is 23.4 Å². The van der Waals surface area contributed by atoms with Gasteiger partial charge in [-0.25, -0.2) is 4.98 Å². The Bertz CT molecular complexity index is 322. The number of pyridine rings is 1. The summed E-state index contributed by atoms with van der Waals surface area (Å²) in [6.07, 6.45) is 1.50. The summed E-state index contributed by atoms with van der Waals surface area (Å²) in [6, 6.07) is 3.34. The molecule has 0 aliphatic heterocycles. The van der Waals surface area contributed by atoms with E-state index < -0.39 is 0 Å². The molecule has 5 nitrogen and oxygen atoms in total. The average molecular weight is 303 g/mol. The minimum Gasteiger partial charge on any atom is -0.476 e. The summed E-state index contributed by atoms with van der Waals surface area (Å²) < 4.78 is 5.23. The first-order chi connectivity index (χ1) is 7.22. The van der Waals surface area contributed by atoms with Gasteiger partial charge in [-0.2, -0.15) is 0 Å². The van der Waals surface area contributed by atoms with Gasteiger partial charge >= 0.3 is 0 Å². The molecule has 3 N–H and O–H groups in total. The van der Waals surface area contributed by atoms with Crippen LogP contribution in [0.25, 0.3) is 0 Å². The van der Waals surface area contributed by atoms with Crippen molar-refractivity contribution >= 4 is 42.3 Å². The standard InChI is InChI=1S/C9H12ClN3O2.2ClH/c10-7-1-2-9(13-6-7)15-4-3-12-8(14)5-11;;/h1-2,6H,3-5,11H2,(H,12,14);2*1H. The molecule has 1 amide bonds. The summed E-state index contributed by atoms with van der Waals surface area (Å²) in [5.41, 5.74) is 5.10. The summed E-state index contributed by atoms with van der Waals surface area (Å²) in [5, 5.41) is 3.13. The number of nitrogens with one attached hydrogen (secondary N) is 1. The van der Waals surface area contributed by atoms with E-state index in [1.165, 1.54) is 6.20 Å². The number of halogens is 3. The van der Waals surface area contributed by atoms with Gasteiger partial charge in [0.25, 0.3) is 0 Å². The van der Waals surface area contributed by atoms with E-state index in [1.807, 2.05) is 0 Å². The number of carbonyl (C=O) groups is 1. The first-order valence-corrected chi connectivity index (χ1v) is 4.81. The molecule has 0 aromatic carbocycles. The predicted molar refractivity (Wildman–Crippen MR) is 71.3 cm³/mol. The van der Waals surface area contributed by atoms with Crippen LogP contribution in [-0.2, 0) is 4.79 Å². The number of nitrogens with zero attached hydrogens (tertiary/aromatic N) is 1. The molecule has 0 saturated heterocycles. The van der Waals surface area contributed by atoms with E-state index in [0.29, 0.717) is 24.1 Å². The Hall–Kier alpha value is -0.750. The number of nitrogens with two attached hydrogens (primary N) is 1. The van der Waals surface area contributed by atoms with Crippen LogP contribution in [0, 0.1) is 0 Å². The van der Waals surface area contributed by atoms with Gasteiger partial charge in [-0.3, -0.25) is 4.79 Å². The molecule has 98 valence electrons. The van der Waals surface area contributed by atoms with Gasteiger partial charge in [-0.05, 0) is 6.07 Å². The maximum Gasteiger partial charge on any atom is 0.233 e. The van der Waals surface area contributed by atoms with Gasteiger partial charge < -0.3 is 15.8 Å². The summed E-state index contributed by atoms with van der Waals surface area (Å²) >= 11 is 5.64. The minimum absolute atomic E-state index is 0. The third-order valence-electron chi connectivity index (χ3n) is 1.56. The molecule has 1 rings (SSSR count). The van der Waals surface area contributed by atoms with Crippen LogP contribution in [0.4, 0.5) is 0 Å². The van der Waals surface area contributed by atoms with Crippen molar-refractivity contribution in [2.75, 3.05) is 19.7 Å². The quantitative estimate of drug-likeness (QED) is 0.797. The maximum absolute atomic E-state index is 10.7. The molecule has 0 aliphatic carbocycles. The molecule has 0 radical (unpaired) electrons. The first-order valence-electron chi connectivity index (χ1n) is 4.43. The smallest absolute Gasteiger partial charge is 0.233 e.